The zero-order valence-electron chi connectivity index (χ0n) is 25.4. The van der Waals surface area contributed by atoms with Crippen LogP contribution in [0.4, 0.5) is 11.5 Å². The van der Waals surface area contributed by atoms with Gasteiger partial charge in [0.05, 0.1) is 24.0 Å². The van der Waals surface area contributed by atoms with Crippen LogP contribution in [0.15, 0.2) is 41.3 Å². The predicted molar refractivity (Wildman–Crippen MR) is 168 cm³/mol. The Hall–Kier alpha value is -5.60. The Morgan fingerprint density at radius 1 is 1.11 bits per heavy atom. The molecule has 0 aliphatic rings. The lowest BCUT2D eigenvalue weighted by atomic mass is 10.1. The lowest BCUT2D eigenvalue weighted by Crippen LogP contribution is -2.35. The van der Waals surface area contributed by atoms with Gasteiger partial charge < -0.3 is 42.4 Å². The second kappa shape index (κ2) is 14.7. The molecule has 240 valence electrons. The zero-order valence-corrected chi connectivity index (χ0v) is 25.4. The molecular formula is C30H38N8O7. The van der Waals surface area contributed by atoms with Gasteiger partial charge in [-0.25, -0.2) is 9.78 Å². The van der Waals surface area contributed by atoms with Gasteiger partial charge in [0, 0.05) is 34.5 Å². The summed E-state index contributed by atoms with van der Waals surface area (Å²) in [6.07, 6.45) is 2.12. The van der Waals surface area contributed by atoms with E-state index in [4.69, 9.17) is 26.7 Å². The van der Waals surface area contributed by atoms with Crippen molar-refractivity contribution >= 4 is 35.1 Å². The number of carbonyl (C=O) groups excluding carboxylic acids is 2. The molecule has 0 saturated heterocycles. The van der Waals surface area contributed by atoms with Gasteiger partial charge in [-0.2, -0.15) is 0 Å². The van der Waals surface area contributed by atoms with Gasteiger partial charge in [-0.1, -0.05) is 6.92 Å². The Balaban J connectivity index is 1.99. The van der Waals surface area contributed by atoms with E-state index in [1.165, 1.54) is 29.0 Å². The molecule has 0 saturated carbocycles. The minimum Gasteiger partial charge on any atom is -0.507 e. The van der Waals surface area contributed by atoms with Crippen molar-refractivity contribution in [3.63, 3.8) is 0 Å². The number of ether oxygens (including phenoxy) is 1. The van der Waals surface area contributed by atoms with E-state index in [0.29, 0.717) is 5.56 Å². The third kappa shape index (κ3) is 8.95. The molecule has 15 nitrogen and oxygen atoms in total. The number of rotatable bonds is 14. The summed E-state index contributed by atoms with van der Waals surface area (Å²) in [4.78, 5) is 55.0. The number of carboxylic acids is 1. The standard InChI is InChI=1S/C30H38N8O7/c1-5-16(4)37-29(43)19-6-17(7-20(31)8-19)22-12-35-28(36-15(2)3)30(44)38(22)13-25(40)34-11-21-23(39)9-18(27(32)33)10-24(21)45-14-26(41)42/h6-10,12,15-16,39H,5,11,13-14,31H2,1-4H3,(H3,32,33)(H,34,40)(H,35,36)(H,37,43)(H,41,42)/t16-/m1/s1. The Labute approximate surface area is 259 Å². The third-order valence-electron chi connectivity index (χ3n) is 6.59. The lowest BCUT2D eigenvalue weighted by Gasteiger charge is -2.18. The van der Waals surface area contributed by atoms with Gasteiger partial charge in [0.25, 0.3) is 11.5 Å². The number of nitrogens with one attached hydrogen (secondary N) is 4. The van der Waals surface area contributed by atoms with E-state index >= 15 is 0 Å². The van der Waals surface area contributed by atoms with Crippen LogP contribution >= 0.6 is 0 Å². The van der Waals surface area contributed by atoms with Crippen LogP contribution in [0.1, 0.15) is 55.6 Å². The van der Waals surface area contributed by atoms with Crippen LogP contribution < -0.4 is 37.7 Å². The Kier molecular flexibility index (Phi) is 11.1. The molecular weight excluding hydrogens is 584 g/mol. The van der Waals surface area contributed by atoms with E-state index in [0.717, 1.165) is 6.42 Å². The number of phenolic OH excluding ortho intramolecular Hbond substituents is 1. The normalized spacial score (nSPS) is 11.5. The van der Waals surface area contributed by atoms with Crippen LogP contribution in [0.5, 0.6) is 11.5 Å². The Morgan fingerprint density at radius 3 is 2.44 bits per heavy atom. The molecule has 1 aromatic heterocycles. The molecule has 10 N–H and O–H groups in total. The van der Waals surface area contributed by atoms with Gasteiger partial charge in [0.1, 0.15) is 23.9 Å². The minimum atomic E-state index is -1.28. The molecule has 45 heavy (non-hydrogen) atoms. The monoisotopic (exact) mass is 622 g/mol. The third-order valence-corrected chi connectivity index (χ3v) is 6.59. The van der Waals surface area contributed by atoms with Crippen LogP contribution in [0, 0.1) is 5.41 Å². The molecule has 3 rings (SSSR count). The molecule has 2 amide bonds. The van der Waals surface area contributed by atoms with Gasteiger partial charge in [-0.3, -0.25) is 24.4 Å². The average molecular weight is 623 g/mol. The molecule has 0 aliphatic heterocycles. The van der Waals surface area contributed by atoms with E-state index < -0.39 is 42.2 Å². The van der Waals surface area contributed by atoms with Crippen molar-refractivity contribution in [1.29, 1.82) is 5.41 Å². The molecule has 15 heteroatoms. The first kappa shape index (κ1) is 33.9. The van der Waals surface area contributed by atoms with Gasteiger partial charge >= 0.3 is 5.97 Å². The fraction of sp³-hybridized carbons (Fsp3) is 0.333. The largest absolute Gasteiger partial charge is 0.507 e. The molecule has 0 bridgehead atoms. The quantitative estimate of drug-likeness (QED) is 0.0728. The summed E-state index contributed by atoms with van der Waals surface area (Å²) in [6, 6.07) is 6.84. The predicted octanol–water partition coefficient (Wildman–Crippen LogP) is 1.61. The lowest BCUT2D eigenvalue weighted by molar-refractivity contribution is -0.139. The van der Waals surface area contributed by atoms with E-state index in [-0.39, 0.29) is 64.2 Å². The summed E-state index contributed by atoms with van der Waals surface area (Å²) >= 11 is 0. The van der Waals surface area contributed by atoms with Crippen LogP contribution in [0.3, 0.4) is 0 Å². The zero-order chi connectivity index (χ0) is 33.4. The van der Waals surface area contributed by atoms with Crippen molar-refractivity contribution in [2.24, 2.45) is 5.73 Å². The van der Waals surface area contributed by atoms with Gasteiger partial charge in [0.15, 0.2) is 12.4 Å². The SMILES string of the molecule is CC[C@@H](C)NC(=O)c1cc(N)cc(-c2cnc(NC(C)C)c(=O)n2CC(=O)NCc2c(O)cc(C(=N)N)cc2OCC(=O)O)c1. The number of benzene rings is 2. The molecule has 0 unspecified atom stereocenters. The molecule has 0 radical (unpaired) electrons. The van der Waals surface area contributed by atoms with Crippen molar-refractivity contribution in [2.75, 3.05) is 17.7 Å². The molecule has 0 fully saturated rings. The number of nitrogens with two attached hydrogens (primary N) is 2. The fourth-order valence-electron chi connectivity index (χ4n) is 4.21. The summed E-state index contributed by atoms with van der Waals surface area (Å²) in [6.45, 7) is 5.88. The van der Waals surface area contributed by atoms with Gasteiger partial charge in [0.2, 0.25) is 5.91 Å². The number of phenols is 1. The number of hydrogen-bond donors (Lipinski definition) is 8. The van der Waals surface area contributed by atoms with Crippen molar-refractivity contribution < 1.29 is 29.3 Å². The highest BCUT2D eigenvalue weighted by atomic mass is 16.5. The van der Waals surface area contributed by atoms with Gasteiger partial charge in [-0.15, -0.1) is 0 Å². The number of nitrogen functional groups attached to an aromatic ring is 2. The minimum absolute atomic E-state index is 0.00186. The van der Waals surface area contributed by atoms with E-state index in [2.05, 4.69) is 20.9 Å². The summed E-state index contributed by atoms with van der Waals surface area (Å²) in [5.41, 5.74) is 12.2. The second-order valence-corrected chi connectivity index (χ2v) is 10.7. The van der Waals surface area contributed by atoms with Crippen LogP contribution in [0.2, 0.25) is 0 Å². The van der Waals surface area contributed by atoms with Crippen molar-refractivity contribution in [2.45, 2.75) is 59.3 Å². The molecule has 1 heterocycles. The van der Waals surface area contributed by atoms with Crippen LogP contribution in [-0.4, -0.2) is 62.1 Å². The number of amidine groups is 1. The highest BCUT2D eigenvalue weighted by Gasteiger charge is 2.20. The topological polar surface area (TPSA) is 248 Å². The molecule has 3 aromatic rings. The highest BCUT2D eigenvalue weighted by molar-refractivity contribution is 5.97. The number of aliphatic carboxylic acids is 1. The Bertz CT molecular complexity index is 1670. The summed E-state index contributed by atoms with van der Waals surface area (Å²) in [5.74, 6) is -3.17. The molecule has 1 atom stereocenters. The maximum Gasteiger partial charge on any atom is 0.341 e. The van der Waals surface area contributed by atoms with Crippen molar-refractivity contribution in [3.05, 3.63) is 63.6 Å². The van der Waals surface area contributed by atoms with Crippen molar-refractivity contribution in [3.8, 4) is 22.8 Å². The summed E-state index contributed by atoms with van der Waals surface area (Å²) in [7, 11) is 0. The smallest absolute Gasteiger partial charge is 0.341 e. The van der Waals surface area contributed by atoms with Crippen LogP contribution in [0.25, 0.3) is 11.3 Å². The number of hydrogen-bond acceptors (Lipinski definition) is 10. The average Bonchev–Trinajstić information content (AvgIpc) is 2.96. The number of carboxylic acid groups (broad SMARTS) is 1. The highest BCUT2D eigenvalue weighted by Crippen LogP contribution is 2.30. The first-order valence-corrected chi connectivity index (χ1v) is 14.1. The van der Waals surface area contributed by atoms with Gasteiger partial charge in [-0.05, 0) is 57.5 Å². The first-order chi connectivity index (χ1) is 21.2. The molecule has 0 aliphatic carbocycles. The number of carbonyl (C=O) groups is 3. The Morgan fingerprint density at radius 2 is 1.82 bits per heavy atom. The maximum atomic E-state index is 13.6. The van der Waals surface area contributed by atoms with Crippen molar-refractivity contribution in [1.82, 2.24) is 20.2 Å². The van der Waals surface area contributed by atoms with E-state index in [9.17, 15) is 24.3 Å². The number of amides is 2. The van der Waals surface area contributed by atoms with E-state index in [1.807, 2.05) is 27.7 Å². The summed E-state index contributed by atoms with van der Waals surface area (Å²) < 4.78 is 6.44. The maximum absolute atomic E-state index is 13.6. The fourth-order valence-corrected chi connectivity index (χ4v) is 4.21. The number of nitrogens with zero attached hydrogens (tertiary/aromatic N) is 2. The number of aromatic hydroxyl groups is 1. The first-order valence-electron chi connectivity index (χ1n) is 14.1. The molecule has 0 spiro atoms. The number of anilines is 2. The number of aromatic nitrogens is 2. The molecule has 2 aromatic carbocycles. The van der Waals surface area contributed by atoms with Crippen LogP contribution in [-0.2, 0) is 22.7 Å². The second-order valence-electron chi connectivity index (χ2n) is 10.7. The van der Waals surface area contributed by atoms with E-state index in [1.54, 1.807) is 12.1 Å². The summed E-state index contributed by atoms with van der Waals surface area (Å²) in [5, 5.41) is 35.7.